The lowest BCUT2D eigenvalue weighted by Crippen LogP contribution is -2.25. The lowest BCUT2D eigenvalue weighted by molar-refractivity contribution is -0.142. The van der Waals surface area contributed by atoms with Crippen LogP contribution in [-0.2, 0) is 4.79 Å². The van der Waals surface area contributed by atoms with Crippen LogP contribution in [0.25, 0.3) is 0 Å². The molecule has 4 heteroatoms. The first kappa shape index (κ1) is 15.8. The van der Waals surface area contributed by atoms with Gasteiger partial charge in [-0.15, -0.1) is 11.6 Å². The smallest absolute Gasteiger partial charge is 0.306 e. The maximum absolute atomic E-state index is 11.3. The monoisotopic (exact) mass is 275 g/mol. The maximum atomic E-state index is 11.3. The first-order valence-corrected chi connectivity index (χ1v) is 7.71. The number of carboxylic acids is 1. The SMILES string of the molecule is NC1CCCCCCC(CCl)CC(C(=O)O)CC1. The Morgan fingerprint density at radius 2 is 1.78 bits per heavy atom. The van der Waals surface area contributed by atoms with E-state index in [9.17, 15) is 9.90 Å². The summed E-state index contributed by atoms with van der Waals surface area (Å²) in [7, 11) is 0. The molecule has 3 unspecified atom stereocenters. The van der Waals surface area contributed by atoms with Gasteiger partial charge in [0.25, 0.3) is 0 Å². The standard InChI is InChI=1S/C14H26ClNO2/c15-10-11-5-3-1-2-4-6-13(16)8-7-12(9-11)14(17)18/h11-13H,1-10,16H2,(H,17,18). The van der Waals surface area contributed by atoms with Crippen LogP contribution in [0.1, 0.15) is 57.8 Å². The van der Waals surface area contributed by atoms with E-state index >= 15 is 0 Å². The van der Waals surface area contributed by atoms with Gasteiger partial charge in [-0.2, -0.15) is 0 Å². The highest BCUT2D eigenvalue weighted by Gasteiger charge is 2.23. The Labute approximate surface area is 115 Å². The molecule has 0 saturated heterocycles. The number of alkyl halides is 1. The van der Waals surface area contributed by atoms with Gasteiger partial charge in [0.1, 0.15) is 0 Å². The number of carboxylic acid groups (broad SMARTS) is 1. The van der Waals surface area contributed by atoms with Crippen LogP contribution in [0.4, 0.5) is 0 Å². The number of carbonyl (C=O) groups is 1. The van der Waals surface area contributed by atoms with Gasteiger partial charge in [0.05, 0.1) is 5.92 Å². The average molecular weight is 276 g/mol. The van der Waals surface area contributed by atoms with Crippen LogP contribution in [0.3, 0.4) is 0 Å². The highest BCUT2D eigenvalue weighted by atomic mass is 35.5. The summed E-state index contributed by atoms with van der Waals surface area (Å²) in [4.78, 5) is 11.3. The predicted octanol–water partition coefficient (Wildman–Crippen LogP) is 3.39. The third kappa shape index (κ3) is 6.05. The third-order valence-electron chi connectivity index (χ3n) is 4.01. The van der Waals surface area contributed by atoms with Gasteiger partial charge in [0.2, 0.25) is 0 Å². The van der Waals surface area contributed by atoms with E-state index < -0.39 is 5.97 Å². The maximum Gasteiger partial charge on any atom is 0.306 e. The van der Waals surface area contributed by atoms with Crippen LogP contribution in [0.15, 0.2) is 0 Å². The van der Waals surface area contributed by atoms with Crippen molar-refractivity contribution in [3.63, 3.8) is 0 Å². The molecule has 1 aliphatic carbocycles. The Kier molecular flexibility index (Phi) is 7.68. The molecule has 3 N–H and O–H groups in total. The molecule has 0 amide bonds. The molecule has 0 heterocycles. The van der Waals surface area contributed by atoms with Gasteiger partial charge in [-0.3, -0.25) is 4.79 Å². The van der Waals surface area contributed by atoms with E-state index in [0.29, 0.717) is 24.6 Å². The summed E-state index contributed by atoms with van der Waals surface area (Å²) >= 11 is 5.95. The molecule has 0 aromatic carbocycles. The topological polar surface area (TPSA) is 63.3 Å². The second-order valence-corrected chi connectivity index (χ2v) is 5.93. The fourth-order valence-electron chi connectivity index (χ4n) is 2.76. The molecule has 0 radical (unpaired) electrons. The average Bonchev–Trinajstić information content (AvgIpc) is 2.33. The molecule has 0 aromatic rings. The van der Waals surface area contributed by atoms with Gasteiger partial charge in [-0.25, -0.2) is 0 Å². The van der Waals surface area contributed by atoms with E-state index in [0.717, 1.165) is 19.3 Å². The van der Waals surface area contributed by atoms with E-state index in [1.807, 2.05) is 0 Å². The summed E-state index contributed by atoms with van der Waals surface area (Å²) < 4.78 is 0. The number of rotatable bonds is 2. The fourth-order valence-corrected chi connectivity index (χ4v) is 3.04. The summed E-state index contributed by atoms with van der Waals surface area (Å²) in [5, 5.41) is 9.26. The lowest BCUT2D eigenvalue weighted by Gasteiger charge is -2.21. The molecule has 18 heavy (non-hydrogen) atoms. The molecule has 0 bridgehead atoms. The molecule has 3 atom stereocenters. The zero-order valence-corrected chi connectivity index (χ0v) is 11.9. The highest BCUT2D eigenvalue weighted by molar-refractivity contribution is 6.18. The van der Waals surface area contributed by atoms with Gasteiger partial charge < -0.3 is 10.8 Å². The lowest BCUT2D eigenvalue weighted by atomic mass is 9.86. The summed E-state index contributed by atoms with van der Waals surface area (Å²) in [6.45, 7) is 0. The normalized spacial score (nSPS) is 32.2. The molecule has 1 saturated carbocycles. The first-order chi connectivity index (χ1) is 8.63. The van der Waals surface area contributed by atoms with Crippen LogP contribution in [0.5, 0.6) is 0 Å². The van der Waals surface area contributed by atoms with Crippen molar-refractivity contribution in [2.75, 3.05) is 5.88 Å². The predicted molar refractivity (Wildman–Crippen MR) is 74.9 cm³/mol. The van der Waals surface area contributed by atoms with E-state index in [1.54, 1.807) is 0 Å². The number of nitrogens with two attached hydrogens (primary N) is 1. The van der Waals surface area contributed by atoms with E-state index in [1.165, 1.54) is 25.7 Å². The summed E-state index contributed by atoms with van der Waals surface area (Å²) in [5.41, 5.74) is 6.03. The molecule has 1 fully saturated rings. The Morgan fingerprint density at radius 1 is 1.11 bits per heavy atom. The molecule has 0 aliphatic heterocycles. The quantitative estimate of drug-likeness (QED) is 0.759. The van der Waals surface area contributed by atoms with E-state index in [2.05, 4.69) is 0 Å². The molecule has 106 valence electrons. The van der Waals surface area contributed by atoms with Crippen molar-refractivity contribution in [1.82, 2.24) is 0 Å². The van der Waals surface area contributed by atoms with Crippen molar-refractivity contribution < 1.29 is 9.90 Å². The Hall–Kier alpha value is -0.280. The summed E-state index contributed by atoms with van der Waals surface area (Å²) in [6, 6.07) is 0.167. The van der Waals surface area contributed by atoms with E-state index in [-0.39, 0.29) is 12.0 Å². The number of halogens is 1. The Morgan fingerprint density at radius 3 is 2.39 bits per heavy atom. The van der Waals surface area contributed by atoms with Gasteiger partial charge in [-0.1, -0.05) is 25.7 Å². The fraction of sp³-hybridized carbons (Fsp3) is 0.929. The molecule has 1 aliphatic rings. The van der Waals surface area contributed by atoms with Crippen molar-refractivity contribution in [1.29, 1.82) is 0 Å². The summed E-state index contributed by atoms with van der Waals surface area (Å²) in [5.74, 6) is -0.0208. The van der Waals surface area contributed by atoms with Crippen LogP contribution < -0.4 is 5.73 Å². The second-order valence-electron chi connectivity index (χ2n) is 5.62. The highest BCUT2D eigenvalue weighted by Crippen LogP contribution is 2.25. The van der Waals surface area contributed by atoms with E-state index in [4.69, 9.17) is 17.3 Å². The van der Waals surface area contributed by atoms with Crippen LogP contribution in [-0.4, -0.2) is 23.0 Å². The number of hydrogen-bond acceptors (Lipinski definition) is 2. The minimum atomic E-state index is -0.686. The minimum Gasteiger partial charge on any atom is -0.481 e. The van der Waals surface area contributed by atoms with Gasteiger partial charge in [-0.05, 0) is 38.0 Å². The molecule has 1 rings (SSSR count). The Balaban J connectivity index is 2.56. The van der Waals surface area contributed by atoms with Crippen LogP contribution in [0, 0.1) is 11.8 Å². The van der Waals surface area contributed by atoms with Gasteiger partial charge in [0.15, 0.2) is 0 Å². The molecular formula is C14H26ClNO2. The van der Waals surface area contributed by atoms with Crippen LogP contribution >= 0.6 is 11.6 Å². The Bertz CT molecular complexity index is 248. The minimum absolute atomic E-state index is 0.167. The second kappa shape index (κ2) is 8.76. The van der Waals surface area contributed by atoms with Gasteiger partial charge in [0, 0.05) is 11.9 Å². The van der Waals surface area contributed by atoms with Crippen molar-refractivity contribution in [2.45, 2.75) is 63.8 Å². The first-order valence-electron chi connectivity index (χ1n) is 7.17. The van der Waals surface area contributed by atoms with Crippen molar-refractivity contribution in [3.8, 4) is 0 Å². The zero-order chi connectivity index (χ0) is 13.4. The van der Waals surface area contributed by atoms with Crippen molar-refractivity contribution >= 4 is 17.6 Å². The molecular weight excluding hydrogens is 250 g/mol. The van der Waals surface area contributed by atoms with Gasteiger partial charge >= 0.3 is 5.97 Å². The van der Waals surface area contributed by atoms with Crippen molar-refractivity contribution in [2.24, 2.45) is 17.6 Å². The summed E-state index contributed by atoms with van der Waals surface area (Å²) in [6.07, 6.45) is 9.14. The molecule has 3 nitrogen and oxygen atoms in total. The third-order valence-corrected chi connectivity index (χ3v) is 4.44. The largest absolute Gasteiger partial charge is 0.481 e. The number of aliphatic carboxylic acids is 1. The van der Waals surface area contributed by atoms with Crippen molar-refractivity contribution in [3.05, 3.63) is 0 Å². The molecule has 0 aromatic heterocycles. The molecule has 0 spiro atoms. The number of hydrogen-bond donors (Lipinski definition) is 2. The van der Waals surface area contributed by atoms with Crippen LogP contribution in [0.2, 0.25) is 0 Å². The zero-order valence-electron chi connectivity index (χ0n) is 11.1.